The van der Waals surface area contributed by atoms with Crippen molar-refractivity contribution >= 4 is 17.1 Å². The van der Waals surface area contributed by atoms with Crippen molar-refractivity contribution < 1.29 is 19.9 Å². The Morgan fingerprint density at radius 3 is 1.92 bits per heavy atom. The molecule has 0 spiro atoms. The van der Waals surface area contributed by atoms with Gasteiger partial charge in [-0.25, -0.2) is 0 Å². The van der Waals surface area contributed by atoms with Crippen molar-refractivity contribution in [2.75, 3.05) is 0 Å². The lowest BCUT2D eigenvalue weighted by Gasteiger charge is -1.97. The van der Waals surface area contributed by atoms with Crippen LogP contribution in [0.2, 0.25) is 0 Å². The molecule has 1 aromatic heterocycles. The fraction of sp³-hybridized carbons (Fsp3) is 0.0769. The van der Waals surface area contributed by atoms with E-state index in [2.05, 4.69) is 4.98 Å². The largest absolute Gasteiger partial charge is 0.497 e. The quantitative estimate of drug-likeness (QED) is 0.642. The van der Waals surface area contributed by atoms with Crippen molar-refractivity contribution in [1.29, 1.82) is 5.26 Å². The van der Waals surface area contributed by atoms with Crippen molar-refractivity contribution in [2.45, 2.75) is 6.92 Å². The highest BCUT2D eigenvalue weighted by Gasteiger charge is 2.30. The summed E-state index contributed by atoms with van der Waals surface area (Å²) in [6.07, 6.45) is 3.24. The lowest BCUT2D eigenvalue weighted by atomic mass is 10.2. The van der Waals surface area contributed by atoms with Gasteiger partial charge >= 0.3 is 11.4 Å². The monoisotopic (exact) mass is 347 g/mol. The smallest absolute Gasteiger partial charge is 0.324 e. The standard InChI is InChI=1S/C7H6N2.C6H3N3O7/c1-6-2-3-9-5-7(6)4-8;10-6-4(8(13)14)1-3(7(11)12)2-5(6)9(15)16/h2-3,5H,1H3;1-2,10H. The zero-order chi connectivity index (χ0) is 19.1. The summed E-state index contributed by atoms with van der Waals surface area (Å²) in [5.74, 6) is -1.21. The lowest BCUT2D eigenvalue weighted by molar-refractivity contribution is -0.404. The first-order chi connectivity index (χ1) is 11.7. The lowest BCUT2D eigenvalue weighted by Crippen LogP contribution is -1.97. The number of hydrogen-bond donors (Lipinski definition) is 1. The van der Waals surface area contributed by atoms with Crippen LogP contribution in [0.3, 0.4) is 0 Å². The number of rotatable bonds is 3. The van der Waals surface area contributed by atoms with Crippen LogP contribution in [-0.2, 0) is 0 Å². The van der Waals surface area contributed by atoms with Crippen LogP contribution >= 0.6 is 0 Å². The molecule has 12 nitrogen and oxygen atoms in total. The fourth-order valence-corrected chi connectivity index (χ4v) is 1.55. The maximum absolute atomic E-state index is 10.4. The molecule has 0 unspecified atom stereocenters. The van der Waals surface area contributed by atoms with Crippen molar-refractivity contribution in [3.63, 3.8) is 0 Å². The van der Waals surface area contributed by atoms with Crippen molar-refractivity contribution in [3.8, 4) is 11.8 Å². The van der Waals surface area contributed by atoms with E-state index in [4.69, 9.17) is 10.4 Å². The SMILES string of the molecule is Cc1ccncc1C#N.O=[N+]([O-])c1cc([N+](=O)[O-])c(O)c([N+](=O)[O-])c1. The maximum atomic E-state index is 10.4. The van der Waals surface area contributed by atoms with E-state index in [1.54, 1.807) is 12.4 Å². The van der Waals surface area contributed by atoms with Gasteiger partial charge in [0.15, 0.2) is 0 Å². The van der Waals surface area contributed by atoms with E-state index >= 15 is 0 Å². The number of nitrogens with zero attached hydrogens (tertiary/aromatic N) is 5. The second-order valence-electron chi connectivity index (χ2n) is 4.41. The number of nitriles is 1. The minimum atomic E-state index is -1.21. The van der Waals surface area contributed by atoms with Gasteiger partial charge in [0.2, 0.25) is 0 Å². The summed E-state index contributed by atoms with van der Waals surface area (Å²) in [6, 6.07) is 4.74. The van der Waals surface area contributed by atoms with E-state index in [0.717, 1.165) is 5.56 Å². The molecule has 0 aliphatic carbocycles. The second-order valence-corrected chi connectivity index (χ2v) is 4.41. The third-order valence-electron chi connectivity index (χ3n) is 2.82. The van der Waals surface area contributed by atoms with Crippen molar-refractivity contribution in [1.82, 2.24) is 4.98 Å². The van der Waals surface area contributed by atoms with E-state index in [9.17, 15) is 30.3 Å². The molecule has 2 rings (SSSR count). The molecule has 0 fully saturated rings. The average Bonchev–Trinajstić information content (AvgIpc) is 2.55. The molecule has 25 heavy (non-hydrogen) atoms. The molecule has 1 heterocycles. The van der Waals surface area contributed by atoms with E-state index in [1.165, 1.54) is 0 Å². The Balaban J connectivity index is 0.000000293. The molecule has 12 heteroatoms. The summed E-state index contributed by atoms with van der Waals surface area (Å²) in [6.45, 7) is 1.89. The van der Waals surface area contributed by atoms with Crippen LogP contribution in [0.15, 0.2) is 30.6 Å². The van der Waals surface area contributed by atoms with Gasteiger partial charge in [-0.15, -0.1) is 0 Å². The molecule has 2 aromatic rings. The molecule has 0 amide bonds. The summed E-state index contributed by atoms with van der Waals surface area (Å²) in [5.41, 5.74) is -1.37. The molecule has 128 valence electrons. The Kier molecular flexibility index (Phi) is 5.99. The van der Waals surface area contributed by atoms with Gasteiger partial charge < -0.3 is 5.11 Å². The Bertz CT molecular complexity index is 856. The molecule has 0 aliphatic rings. The van der Waals surface area contributed by atoms with Gasteiger partial charge in [0, 0.05) is 12.4 Å². The normalized spacial score (nSPS) is 9.28. The third kappa shape index (κ3) is 4.66. The number of benzene rings is 1. The molecule has 1 aromatic carbocycles. The molecule has 0 bridgehead atoms. The van der Waals surface area contributed by atoms with Crippen molar-refractivity contribution in [2.24, 2.45) is 0 Å². The fourth-order valence-electron chi connectivity index (χ4n) is 1.55. The summed E-state index contributed by atoms with van der Waals surface area (Å²) >= 11 is 0. The first kappa shape index (κ1) is 18.9. The van der Waals surface area contributed by atoms with Gasteiger partial charge in [-0.1, -0.05) is 0 Å². The minimum Gasteiger partial charge on any atom is -0.497 e. The van der Waals surface area contributed by atoms with Gasteiger partial charge in [-0.05, 0) is 18.6 Å². The maximum Gasteiger partial charge on any atom is 0.324 e. The van der Waals surface area contributed by atoms with Gasteiger partial charge in [-0.2, -0.15) is 5.26 Å². The summed E-state index contributed by atoms with van der Waals surface area (Å²) < 4.78 is 0. The van der Waals surface area contributed by atoms with Crippen LogP contribution in [0.1, 0.15) is 11.1 Å². The molecule has 0 atom stereocenters. The van der Waals surface area contributed by atoms with Crippen LogP contribution in [0.5, 0.6) is 5.75 Å². The molecular weight excluding hydrogens is 338 g/mol. The Morgan fingerprint density at radius 2 is 1.60 bits per heavy atom. The van der Waals surface area contributed by atoms with Crippen LogP contribution in [-0.4, -0.2) is 24.9 Å². The summed E-state index contributed by atoms with van der Waals surface area (Å²) in [5, 5.41) is 48.6. The summed E-state index contributed by atoms with van der Waals surface area (Å²) in [7, 11) is 0. The van der Waals surface area contributed by atoms with E-state index < -0.39 is 37.6 Å². The van der Waals surface area contributed by atoms with Crippen LogP contribution in [0.4, 0.5) is 17.1 Å². The number of nitro groups is 3. The zero-order valence-corrected chi connectivity index (χ0v) is 12.5. The number of phenols is 1. The predicted molar refractivity (Wildman–Crippen MR) is 81.8 cm³/mol. The highest BCUT2D eigenvalue weighted by molar-refractivity contribution is 5.64. The summed E-state index contributed by atoms with van der Waals surface area (Å²) in [4.78, 5) is 31.6. The van der Waals surface area contributed by atoms with Gasteiger partial charge in [-0.3, -0.25) is 35.3 Å². The molecule has 1 N–H and O–H groups in total. The number of aromatic nitrogens is 1. The van der Waals surface area contributed by atoms with Crippen molar-refractivity contribution in [3.05, 3.63) is 72.1 Å². The van der Waals surface area contributed by atoms with Crippen LogP contribution in [0.25, 0.3) is 0 Å². The van der Waals surface area contributed by atoms with Crippen LogP contribution in [0, 0.1) is 48.6 Å². The number of phenolic OH excluding ortho intramolecular Hbond substituents is 1. The molecular formula is C13H9N5O7. The first-order valence-electron chi connectivity index (χ1n) is 6.30. The molecule has 0 saturated carbocycles. The molecule has 0 aliphatic heterocycles. The van der Waals surface area contributed by atoms with Crippen LogP contribution < -0.4 is 0 Å². The minimum absolute atomic E-state index is 0.447. The molecule has 0 saturated heterocycles. The van der Waals surface area contributed by atoms with Gasteiger partial charge in [0.25, 0.3) is 11.4 Å². The first-order valence-corrected chi connectivity index (χ1v) is 6.30. The number of pyridine rings is 1. The zero-order valence-electron chi connectivity index (χ0n) is 12.5. The Labute approximate surface area is 139 Å². The number of aromatic hydroxyl groups is 1. The van der Waals surface area contributed by atoms with E-state index in [-0.39, 0.29) is 0 Å². The van der Waals surface area contributed by atoms with Gasteiger partial charge in [0.1, 0.15) is 6.07 Å². The average molecular weight is 347 g/mol. The number of non-ortho nitro benzene ring substituents is 1. The number of aryl methyl sites for hydroxylation is 1. The molecule has 0 radical (unpaired) electrons. The number of nitro benzene ring substituents is 3. The topological polar surface area (TPSA) is 186 Å². The Hall–Kier alpha value is -4.14. The van der Waals surface area contributed by atoms with Gasteiger partial charge in [0.05, 0.1) is 32.5 Å². The highest BCUT2D eigenvalue weighted by atomic mass is 16.6. The third-order valence-corrected chi connectivity index (χ3v) is 2.82. The second kappa shape index (κ2) is 7.92. The highest BCUT2D eigenvalue weighted by Crippen LogP contribution is 2.38. The number of hydrogen-bond acceptors (Lipinski definition) is 9. The predicted octanol–water partition coefficient (Wildman–Crippen LogP) is 2.38. The van der Waals surface area contributed by atoms with E-state index in [0.29, 0.717) is 17.7 Å². The Morgan fingerprint density at radius 1 is 1.08 bits per heavy atom. The van der Waals surface area contributed by atoms with E-state index in [1.807, 2.05) is 19.1 Å².